The number of hydrogen-bond donors (Lipinski definition) is 3. The molecule has 0 amide bonds. The van der Waals surface area contributed by atoms with Gasteiger partial charge in [0.1, 0.15) is 6.54 Å². The number of carboxylic acids is 1. The fourth-order valence-electron chi connectivity index (χ4n) is 2.15. The highest BCUT2D eigenvalue weighted by Gasteiger charge is 2.16. The Hall–Kier alpha value is -2.98. The van der Waals surface area contributed by atoms with Crippen molar-refractivity contribution < 1.29 is 18.3 Å². The van der Waals surface area contributed by atoms with Gasteiger partial charge >= 0.3 is 5.97 Å². The van der Waals surface area contributed by atoms with E-state index in [9.17, 15) is 13.2 Å². The maximum atomic E-state index is 12.1. The summed E-state index contributed by atoms with van der Waals surface area (Å²) in [5.41, 5.74) is 7.45. The second-order valence-electron chi connectivity index (χ2n) is 4.94. The third-order valence-corrected chi connectivity index (χ3v) is 4.64. The highest BCUT2D eigenvalue weighted by atomic mass is 32.2. The van der Waals surface area contributed by atoms with Crippen LogP contribution in [0, 0.1) is 0 Å². The molecule has 9 nitrogen and oxygen atoms in total. The van der Waals surface area contributed by atoms with Gasteiger partial charge in [0.15, 0.2) is 5.65 Å². The first-order chi connectivity index (χ1) is 11.3. The number of nitrogens with two attached hydrogens (primary N) is 1. The summed E-state index contributed by atoms with van der Waals surface area (Å²) in [6.07, 6.45) is 1.68. The van der Waals surface area contributed by atoms with Crippen LogP contribution in [0.4, 0.5) is 5.95 Å². The normalized spacial score (nSPS) is 11.7. The lowest BCUT2D eigenvalue weighted by molar-refractivity contribution is -0.135. The number of fused-ring (bicyclic) bond motifs is 1. The molecule has 0 saturated carbocycles. The largest absolute Gasteiger partial charge is 0.480 e. The molecule has 0 aliphatic rings. The molecule has 3 aromatic rings. The number of aliphatic carboxylic acids is 1. The minimum Gasteiger partial charge on any atom is -0.480 e. The number of nitrogens with one attached hydrogen (secondary N) is 1. The molecule has 0 aliphatic carbocycles. The smallest absolute Gasteiger partial charge is 0.318 e. The zero-order valence-electron chi connectivity index (χ0n) is 12.2. The lowest BCUT2D eigenvalue weighted by atomic mass is 10.1. The second kappa shape index (κ2) is 5.91. The van der Waals surface area contributed by atoms with Crippen LogP contribution in [0.1, 0.15) is 0 Å². The molecule has 24 heavy (non-hydrogen) atoms. The zero-order chi connectivity index (χ0) is 17.3. The van der Waals surface area contributed by atoms with E-state index in [2.05, 4.69) is 10.1 Å². The van der Waals surface area contributed by atoms with Gasteiger partial charge in [-0.1, -0.05) is 12.1 Å². The van der Waals surface area contributed by atoms with Crippen molar-refractivity contribution in [2.45, 2.75) is 4.90 Å². The molecule has 0 saturated heterocycles. The van der Waals surface area contributed by atoms with Crippen molar-refractivity contribution >= 4 is 27.6 Å². The standard InChI is InChI=1S/C14H13N5O4S/c15-14-17-12-5-4-10(8-19(12)18-14)9-2-1-3-11(6-9)24(22,23)16-7-13(20)21/h1-6,8,16H,7H2,(H2,15,18)(H,20,21). The highest BCUT2D eigenvalue weighted by molar-refractivity contribution is 7.89. The van der Waals surface area contributed by atoms with Crippen molar-refractivity contribution in [3.05, 3.63) is 42.6 Å². The summed E-state index contributed by atoms with van der Waals surface area (Å²) in [7, 11) is -3.91. The van der Waals surface area contributed by atoms with Crippen molar-refractivity contribution in [3.63, 3.8) is 0 Å². The molecule has 0 radical (unpaired) electrons. The van der Waals surface area contributed by atoms with E-state index in [0.717, 1.165) is 0 Å². The Morgan fingerprint density at radius 2 is 2.04 bits per heavy atom. The topological polar surface area (TPSA) is 140 Å². The number of anilines is 1. The zero-order valence-corrected chi connectivity index (χ0v) is 13.1. The molecule has 4 N–H and O–H groups in total. The Kier molecular flexibility index (Phi) is 3.91. The molecule has 3 rings (SSSR count). The number of nitrogen functional groups attached to an aromatic ring is 1. The average molecular weight is 347 g/mol. The number of carbonyl (C=O) groups is 1. The summed E-state index contributed by atoms with van der Waals surface area (Å²) in [6, 6.07) is 9.62. The molecule has 10 heteroatoms. The molecule has 0 bridgehead atoms. The number of hydrogen-bond acceptors (Lipinski definition) is 6. The first-order valence-electron chi connectivity index (χ1n) is 6.79. The van der Waals surface area contributed by atoms with Crippen molar-refractivity contribution in [2.24, 2.45) is 0 Å². The van der Waals surface area contributed by atoms with Crippen molar-refractivity contribution in [2.75, 3.05) is 12.3 Å². The van der Waals surface area contributed by atoms with Gasteiger partial charge < -0.3 is 10.8 Å². The van der Waals surface area contributed by atoms with Gasteiger partial charge in [0.05, 0.1) is 4.90 Å². The summed E-state index contributed by atoms with van der Waals surface area (Å²) in [6.45, 7) is -0.684. The molecular weight excluding hydrogens is 334 g/mol. The summed E-state index contributed by atoms with van der Waals surface area (Å²) in [4.78, 5) is 14.5. The minimum absolute atomic E-state index is 0.0283. The lowest BCUT2D eigenvalue weighted by Gasteiger charge is -2.07. The summed E-state index contributed by atoms with van der Waals surface area (Å²) in [5, 5.41) is 12.6. The number of pyridine rings is 1. The highest BCUT2D eigenvalue weighted by Crippen LogP contribution is 2.23. The number of sulfonamides is 1. The third-order valence-electron chi connectivity index (χ3n) is 3.24. The first kappa shape index (κ1) is 15.9. The minimum atomic E-state index is -3.91. The Bertz CT molecular complexity index is 1030. The Labute approximate surface area is 136 Å². The summed E-state index contributed by atoms with van der Waals surface area (Å²) in [5.74, 6) is -1.12. The van der Waals surface area contributed by atoms with Crippen molar-refractivity contribution in [1.29, 1.82) is 0 Å². The molecular formula is C14H13N5O4S. The van der Waals surface area contributed by atoms with Crippen LogP contribution in [-0.4, -0.2) is 40.6 Å². The first-order valence-corrected chi connectivity index (χ1v) is 8.27. The van der Waals surface area contributed by atoms with E-state index in [1.165, 1.54) is 16.6 Å². The van der Waals surface area contributed by atoms with Gasteiger partial charge in [0.2, 0.25) is 16.0 Å². The maximum Gasteiger partial charge on any atom is 0.318 e. The third kappa shape index (κ3) is 3.19. The van der Waals surface area contributed by atoms with Crippen LogP contribution < -0.4 is 10.5 Å². The fourth-order valence-corrected chi connectivity index (χ4v) is 3.17. The van der Waals surface area contributed by atoms with E-state index >= 15 is 0 Å². The summed E-state index contributed by atoms with van der Waals surface area (Å²) >= 11 is 0. The van der Waals surface area contributed by atoms with Gasteiger partial charge in [-0.05, 0) is 29.8 Å². The number of rotatable bonds is 5. The van der Waals surface area contributed by atoms with Crippen LogP contribution in [-0.2, 0) is 14.8 Å². The van der Waals surface area contributed by atoms with Crippen LogP contribution in [0.15, 0.2) is 47.5 Å². The predicted octanol–water partition coefficient (Wildman–Crippen LogP) is 0.341. The summed E-state index contributed by atoms with van der Waals surface area (Å²) < 4.78 is 27.7. The lowest BCUT2D eigenvalue weighted by Crippen LogP contribution is -2.29. The van der Waals surface area contributed by atoms with Crippen LogP contribution in [0.5, 0.6) is 0 Å². The van der Waals surface area contributed by atoms with E-state index in [4.69, 9.17) is 10.8 Å². The monoisotopic (exact) mass is 347 g/mol. The van der Waals surface area contributed by atoms with Gasteiger partial charge in [-0.25, -0.2) is 12.9 Å². The molecule has 124 valence electrons. The number of benzene rings is 1. The van der Waals surface area contributed by atoms with E-state index < -0.39 is 22.5 Å². The average Bonchev–Trinajstić information content (AvgIpc) is 2.92. The molecule has 0 spiro atoms. The van der Waals surface area contributed by atoms with E-state index in [0.29, 0.717) is 16.8 Å². The van der Waals surface area contributed by atoms with E-state index in [1.54, 1.807) is 30.5 Å². The number of aromatic nitrogens is 3. The molecule has 0 unspecified atom stereocenters. The predicted molar refractivity (Wildman–Crippen MR) is 85.7 cm³/mol. The van der Waals surface area contributed by atoms with Gasteiger partial charge in [-0.3, -0.25) is 4.79 Å². The van der Waals surface area contributed by atoms with Crippen LogP contribution >= 0.6 is 0 Å². The van der Waals surface area contributed by atoms with Crippen LogP contribution in [0.25, 0.3) is 16.8 Å². The Morgan fingerprint density at radius 3 is 2.79 bits per heavy atom. The Balaban J connectivity index is 1.98. The van der Waals surface area contributed by atoms with Crippen molar-refractivity contribution in [1.82, 2.24) is 19.3 Å². The van der Waals surface area contributed by atoms with Gasteiger partial charge in [-0.2, -0.15) is 9.71 Å². The number of carboxylic acid groups (broad SMARTS) is 1. The molecule has 2 heterocycles. The Morgan fingerprint density at radius 1 is 1.25 bits per heavy atom. The quantitative estimate of drug-likeness (QED) is 0.604. The van der Waals surface area contributed by atoms with Crippen LogP contribution in [0.3, 0.4) is 0 Å². The SMILES string of the molecule is Nc1nc2ccc(-c3cccc(S(=O)(=O)NCC(=O)O)c3)cn2n1. The van der Waals surface area contributed by atoms with Crippen LogP contribution in [0.2, 0.25) is 0 Å². The van der Waals surface area contributed by atoms with E-state index in [1.807, 2.05) is 4.72 Å². The van der Waals surface area contributed by atoms with Gasteiger partial charge in [0.25, 0.3) is 0 Å². The fraction of sp³-hybridized carbons (Fsp3) is 0.0714. The molecule has 0 atom stereocenters. The van der Waals surface area contributed by atoms with Gasteiger partial charge in [0, 0.05) is 11.8 Å². The maximum absolute atomic E-state index is 12.1. The van der Waals surface area contributed by atoms with E-state index in [-0.39, 0.29) is 10.8 Å². The molecule has 1 aromatic carbocycles. The second-order valence-corrected chi connectivity index (χ2v) is 6.70. The molecule has 2 aromatic heterocycles. The van der Waals surface area contributed by atoms with Crippen molar-refractivity contribution in [3.8, 4) is 11.1 Å². The van der Waals surface area contributed by atoms with Gasteiger partial charge in [-0.15, -0.1) is 5.10 Å². The molecule has 0 fully saturated rings. The molecule has 0 aliphatic heterocycles. The number of nitrogens with zero attached hydrogens (tertiary/aromatic N) is 3.